The number of ether oxygens (including phenoxy) is 1. The molecule has 0 radical (unpaired) electrons. The Morgan fingerprint density at radius 1 is 1.41 bits per heavy atom. The first-order chi connectivity index (χ1) is 13.5. The first-order valence-electron chi connectivity index (χ1n) is 8.76. The molecule has 1 fully saturated rings. The Labute approximate surface area is 165 Å². The highest BCUT2D eigenvalue weighted by Crippen LogP contribution is 2.28. The largest absolute Gasteiger partial charge is 0.387 e. The van der Waals surface area contributed by atoms with Gasteiger partial charge in [0.15, 0.2) is 6.23 Å². The number of aliphatic hydroxyl groups excluding tert-OH is 2. The third-order valence-electron chi connectivity index (χ3n) is 4.64. The van der Waals surface area contributed by atoms with Gasteiger partial charge >= 0.3 is 16.0 Å². The summed E-state index contributed by atoms with van der Waals surface area (Å²) in [5.74, 6) is -1.22. The number of aromatic amines is 1. The van der Waals surface area contributed by atoms with Crippen molar-refractivity contribution in [2.24, 2.45) is 11.7 Å². The van der Waals surface area contributed by atoms with E-state index in [1.165, 1.54) is 0 Å². The fourth-order valence-corrected chi connectivity index (χ4v) is 3.37. The van der Waals surface area contributed by atoms with E-state index in [0.717, 1.165) is 16.8 Å². The Morgan fingerprint density at radius 2 is 2.07 bits per heavy atom. The molecule has 0 spiro atoms. The normalized spacial score (nSPS) is 26.8. The summed E-state index contributed by atoms with van der Waals surface area (Å²) in [5.41, 5.74) is 4.09. The minimum Gasteiger partial charge on any atom is -0.387 e. The first-order valence-corrected chi connectivity index (χ1v) is 10.2. The number of carbonyl (C=O) groups is 1. The average molecular weight is 436 g/mol. The smallest absolute Gasteiger partial charge is 0.362 e. The summed E-state index contributed by atoms with van der Waals surface area (Å²) in [6.45, 7) is 2.71. The minimum atomic E-state index is -4.56. The monoisotopic (exact) mass is 436 g/mol. The van der Waals surface area contributed by atoms with Crippen LogP contribution < -0.4 is 21.7 Å². The van der Waals surface area contributed by atoms with Gasteiger partial charge in [-0.2, -0.15) is 8.42 Å². The fraction of sp³-hybridized carbons (Fsp3) is 0.667. The van der Waals surface area contributed by atoms with Gasteiger partial charge in [0.25, 0.3) is 11.5 Å². The van der Waals surface area contributed by atoms with Crippen LogP contribution in [0.5, 0.6) is 0 Å². The average Bonchev–Trinajstić information content (AvgIpc) is 2.93. The molecule has 1 aliphatic heterocycles. The molecule has 1 aliphatic rings. The molecular weight excluding hydrogens is 412 g/mol. The lowest BCUT2D eigenvalue weighted by atomic mass is 10.00. The molecule has 2 heterocycles. The van der Waals surface area contributed by atoms with Gasteiger partial charge in [0.05, 0.1) is 12.6 Å². The van der Waals surface area contributed by atoms with Crippen LogP contribution >= 0.6 is 0 Å². The number of nitrogens with zero attached hydrogens (tertiary/aromatic N) is 1. The summed E-state index contributed by atoms with van der Waals surface area (Å²) in [6, 6.07) is -0.0567. The molecule has 29 heavy (non-hydrogen) atoms. The number of rotatable bonds is 8. The predicted octanol–water partition coefficient (Wildman–Crippen LogP) is -3.09. The molecule has 1 aromatic rings. The Morgan fingerprint density at radius 3 is 2.66 bits per heavy atom. The van der Waals surface area contributed by atoms with E-state index < -0.39 is 64.6 Å². The maximum Gasteiger partial charge on any atom is 0.362 e. The molecule has 14 heteroatoms. The molecule has 0 unspecified atom stereocenters. The summed E-state index contributed by atoms with van der Waals surface area (Å²) in [5, 5.41) is 20.2. The van der Waals surface area contributed by atoms with Gasteiger partial charge < -0.3 is 20.7 Å². The number of H-pyrrole nitrogens is 1. The van der Waals surface area contributed by atoms with Crippen molar-refractivity contribution in [3.8, 4) is 0 Å². The number of hydrogen-bond acceptors (Lipinski definition) is 10. The van der Waals surface area contributed by atoms with Gasteiger partial charge in [-0.3, -0.25) is 23.3 Å². The van der Waals surface area contributed by atoms with Crippen molar-refractivity contribution in [2.45, 2.75) is 50.8 Å². The van der Waals surface area contributed by atoms with Crippen molar-refractivity contribution < 1.29 is 32.3 Å². The van der Waals surface area contributed by atoms with Gasteiger partial charge in [0, 0.05) is 12.3 Å². The van der Waals surface area contributed by atoms with Crippen molar-refractivity contribution in [1.29, 1.82) is 0 Å². The third-order valence-corrected chi connectivity index (χ3v) is 5.53. The van der Waals surface area contributed by atoms with Crippen LogP contribution in [-0.4, -0.2) is 65.0 Å². The van der Waals surface area contributed by atoms with Crippen LogP contribution in [-0.2, 0) is 24.0 Å². The van der Waals surface area contributed by atoms with E-state index in [1.807, 2.05) is 4.98 Å². The molecule has 13 nitrogen and oxygen atoms in total. The maximum absolute atomic E-state index is 11.9. The first kappa shape index (κ1) is 23.2. The predicted molar refractivity (Wildman–Crippen MR) is 97.7 cm³/mol. The number of aromatic nitrogens is 2. The summed E-state index contributed by atoms with van der Waals surface area (Å²) in [6.07, 6.45) is -4.34. The maximum atomic E-state index is 11.9. The number of aliphatic hydroxyl groups is 2. The summed E-state index contributed by atoms with van der Waals surface area (Å²) in [7, 11) is -4.56. The van der Waals surface area contributed by atoms with E-state index in [2.05, 4.69) is 4.18 Å². The number of hydrogen-bond donors (Lipinski definition) is 5. The second kappa shape index (κ2) is 9.15. The van der Waals surface area contributed by atoms with Gasteiger partial charge in [-0.1, -0.05) is 20.3 Å². The van der Waals surface area contributed by atoms with E-state index in [4.69, 9.17) is 10.5 Å². The highest BCUT2D eigenvalue weighted by molar-refractivity contribution is 7.85. The lowest BCUT2D eigenvalue weighted by Crippen LogP contribution is -2.47. The zero-order valence-electron chi connectivity index (χ0n) is 15.7. The highest BCUT2D eigenvalue weighted by Gasteiger charge is 2.44. The van der Waals surface area contributed by atoms with Crippen LogP contribution in [0.1, 0.15) is 26.5 Å². The zero-order valence-corrected chi connectivity index (χ0v) is 16.5. The summed E-state index contributed by atoms with van der Waals surface area (Å²) >= 11 is 0. The van der Waals surface area contributed by atoms with Crippen LogP contribution in [0.2, 0.25) is 0 Å². The minimum absolute atomic E-state index is 0.267. The molecule has 0 bridgehead atoms. The summed E-state index contributed by atoms with van der Waals surface area (Å²) < 4.78 is 36.3. The van der Waals surface area contributed by atoms with E-state index in [9.17, 15) is 33.0 Å². The molecule has 1 saturated heterocycles. The Bertz CT molecular complexity index is 944. The van der Waals surface area contributed by atoms with Gasteiger partial charge in [0.1, 0.15) is 18.3 Å². The molecule has 0 aromatic carbocycles. The summed E-state index contributed by atoms with van der Waals surface area (Å²) in [4.78, 5) is 36.8. The van der Waals surface area contributed by atoms with Crippen molar-refractivity contribution in [2.75, 3.05) is 6.61 Å². The topological polar surface area (TPSA) is 203 Å². The second-order valence-corrected chi connectivity index (χ2v) is 8.03. The Kier molecular flexibility index (Phi) is 7.31. The Balaban J connectivity index is 2.02. The molecule has 0 aliphatic carbocycles. The van der Waals surface area contributed by atoms with E-state index in [-0.39, 0.29) is 5.92 Å². The van der Waals surface area contributed by atoms with Crippen molar-refractivity contribution in [3.63, 3.8) is 0 Å². The number of nitrogens with one attached hydrogen (secondary N) is 2. The van der Waals surface area contributed by atoms with Gasteiger partial charge in [-0.05, 0) is 5.92 Å². The van der Waals surface area contributed by atoms with Crippen LogP contribution in [0.3, 0.4) is 0 Å². The van der Waals surface area contributed by atoms with Gasteiger partial charge in [-0.15, -0.1) is 0 Å². The molecule has 1 aromatic heterocycles. The molecule has 2 rings (SSSR count). The molecule has 0 saturated carbocycles. The number of nitrogens with two attached hydrogens (primary N) is 1. The van der Waals surface area contributed by atoms with Crippen LogP contribution in [0, 0.1) is 5.92 Å². The van der Waals surface area contributed by atoms with Gasteiger partial charge in [0.2, 0.25) is 0 Å². The second-order valence-electron chi connectivity index (χ2n) is 6.68. The van der Waals surface area contributed by atoms with Crippen molar-refractivity contribution in [3.05, 3.63) is 33.1 Å². The quantitative estimate of drug-likeness (QED) is 0.278. The zero-order chi connectivity index (χ0) is 21.9. The van der Waals surface area contributed by atoms with Crippen molar-refractivity contribution >= 4 is 16.2 Å². The number of carbonyl (C=O) groups excluding carboxylic acids is 1. The van der Waals surface area contributed by atoms with Crippen LogP contribution in [0.15, 0.2) is 21.9 Å². The third kappa shape index (κ3) is 5.49. The van der Waals surface area contributed by atoms with E-state index >= 15 is 0 Å². The molecular formula is C15H24N4O9S. The standard InChI is InChI=1S/C15H24N4O9S/c1-3-7(2)10(16)13(23)18-29(25,26)27-6-8-11(21)12(22)14(28-8)19-5-4-9(20)17-15(19)24/h4-5,7-8,10-12,14,21-22H,3,6,16H2,1-2H3,(H,18,23)(H,17,20,24)/t7-,8+,10-,11+,12+,14+/m0/s1. The molecule has 164 valence electrons. The molecule has 6 N–H and O–H groups in total. The lowest BCUT2D eigenvalue weighted by Gasteiger charge is -2.18. The molecule has 6 atom stereocenters. The number of amides is 1. The van der Waals surface area contributed by atoms with Crippen molar-refractivity contribution in [1.82, 2.24) is 14.3 Å². The molecule has 1 amide bonds. The Hall–Kier alpha value is -2.10. The van der Waals surface area contributed by atoms with E-state index in [1.54, 1.807) is 18.6 Å². The highest BCUT2D eigenvalue weighted by atomic mass is 32.2. The van der Waals surface area contributed by atoms with Gasteiger partial charge in [-0.25, -0.2) is 9.52 Å². The van der Waals surface area contributed by atoms with Crippen LogP contribution in [0.25, 0.3) is 0 Å². The van der Waals surface area contributed by atoms with Crippen LogP contribution in [0.4, 0.5) is 0 Å². The SMILES string of the molecule is CC[C@H](C)[C@H](N)C(=O)NS(=O)(=O)OC[C@H]1O[C@@H](n2ccc(=O)[nH]c2=O)[C@H](O)[C@@H]1O. The lowest BCUT2D eigenvalue weighted by molar-refractivity contribution is -0.121. The van der Waals surface area contributed by atoms with E-state index in [0.29, 0.717) is 6.42 Å². The fourth-order valence-electron chi connectivity index (χ4n) is 2.61.